The van der Waals surface area contributed by atoms with Crippen LogP contribution in [0, 0.1) is 10.1 Å². The molecule has 0 fully saturated rings. The van der Waals surface area contributed by atoms with E-state index in [4.69, 9.17) is 11.5 Å². The number of benzene rings is 1. The normalized spacial score (nSPS) is 17.8. The van der Waals surface area contributed by atoms with Gasteiger partial charge in [0.15, 0.2) is 0 Å². The maximum absolute atomic E-state index is 10.9. The van der Waals surface area contributed by atoms with Gasteiger partial charge in [0, 0.05) is 16.1 Å². The molecule has 1 atom stereocenters. The van der Waals surface area contributed by atoms with Gasteiger partial charge in [0.2, 0.25) is 0 Å². The number of nitro groups is 1. The van der Waals surface area contributed by atoms with Crippen molar-refractivity contribution < 1.29 is 4.92 Å². The Kier molecular flexibility index (Phi) is 3.77. The highest BCUT2D eigenvalue weighted by Gasteiger charge is 2.30. The molecule has 0 amide bonds. The van der Waals surface area contributed by atoms with E-state index in [0.29, 0.717) is 22.9 Å². The topological polar surface area (TPSA) is 95.2 Å². The van der Waals surface area contributed by atoms with Crippen LogP contribution in [0.25, 0.3) is 0 Å². The molecule has 1 aliphatic rings. The molecule has 16 heavy (non-hydrogen) atoms. The lowest BCUT2D eigenvalue weighted by atomic mass is 10.1. The highest BCUT2D eigenvalue weighted by Crippen LogP contribution is 2.39. The molecule has 0 saturated carbocycles. The maximum atomic E-state index is 10.9. The van der Waals surface area contributed by atoms with Crippen molar-refractivity contribution in [1.82, 2.24) is 0 Å². The smallest absolute Gasteiger partial charge is 0.296 e. The Labute approximate surface area is 107 Å². The molecule has 1 aliphatic carbocycles. The van der Waals surface area contributed by atoms with Crippen LogP contribution in [-0.2, 0) is 12.8 Å². The predicted octanol–water partition coefficient (Wildman–Crippen LogP) is 1.79. The first kappa shape index (κ1) is 13.2. The summed E-state index contributed by atoms with van der Waals surface area (Å²) in [5.74, 6) is 0. The Balaban J connectivity index is 0.00000128. The van der Waals surface area contributed by atoms with Crippen LogP contribution >= 0.6 is 28.3 Å². The third-order valence-electron chi connectivity index (χ3n) is 2.62. The fourth-order valence-electron chi connectivity index (χ4n) is 1.98. The largest absolute Gasteiger partial charge is 0.392 e. The Morgan fingerprint density at radius 2 is 2.12 bits per heavy atom. The van der Waals surface area contributed by atoms with Crippen LogP contribution in [0.4, 0.5) is 11.4 Å². The highest BCUT2D eigenvalue weighted by atomic mass is 79.9. The minimum atomic E-state index is -0.434. The Hall–Kier alpha value is -0.850. The van der Waals surface area contributed by atoms with Gasteiger partial charge in [-0.15, -0.1) is 12.4 Å². The standard InChI is InChI=1S/C9H10BrN3O2.ClH/c10-7-2-4-1-5(11)3-6(4)9(8(7)12)13(14)15;/h2,5H,1,3,11-12H2;1H. The maximum Gasteiger partial charge on any atom is 0.296 e. The lowest BCUT2D eigenvalue weighted by Gasteiger charge is -2.05. The Morgan fingerprint density at radius 3 is 2.69 bits per heavy atom. The summed E-state index contributed by atoms with van der Waals surface area (Å²) in [5.41, 5.74) is 13.3. The summed E-state index contributed by atoms with van der Waals surface area (Å²) in [6.07, 6.45) is 1.21. The van der Waals surface area contributed by atoms with Gasteiger partial charge in [-0.2, -0.15) is 0 Å². The summed E-state index contributed by atoms with van der Waals surface area (Å²) < 4.78 is 0.571. The van der Waals surface area contributed by atoms with Crippen molar-refractivity contribution >= 4 is 39.7 Å². The number of fused-ring (bicyclic) bond motifs is 1. The number of nitro benzene ring substituents is 1. The first-order valence-electron chi connectivity index (χ1n) is 4.50. The molecule has 0 bridgehead atoms. The predicted molar refractivity (Wildman–Crippen MR) is 67.8 cm³/mol. The van der Waals surface area contributed by atoms with Crippen molar-refractivity contribution in [3.63, 3.8) is 0 Å². The molecule has 1 unspecified atom stereocenters. The molecule has 1 aromatic rings. The molecule has 0 aromatic heterocycles. The summed E-state index contributed by atoms with van der Waals surface area (Å²) in [7, 11) is 0. The number of nitrogen functional groups attached to an aromatic ring is 1. The van der Waals surface area contributed by atoms with E-state index < -0.39 is 4.92 Å². The van der Waals surface area contributed by atoms with Crippen LogP contribution in [0.2, 0.25) is 0 Å². The van der Waals surface area contributed by atoms with E-state index in [1.54, 1.807) is 0 Å². The summed E-state index contributed by atoms with van der Waals surface area (Å²) >= 11 is 3.22. The van der Waals surface area contributed by atoms with Gasteiger partial charge >= 0.3 is 0 Å². The lowest BCUT2D eigenvalue weighted by molar-refractivity contribution is -0.384. The van der Waals surface area contributed by atoms with E-state index in [1.165, 1.54) is 0 Å². The SMILES string of the molecule is Cl.Nc1c(Br)cc2c(c1[N+](=O)[O-])CC(N)C2. The zero-order valence-electron chi connectivity index (χ0n) is 8.27. The van der Waals surface area contributed by atoms with Crippen LogP contribution in [0.3, 0.4) is 0 Å². The second-order valence-corrected chi connectivity index (χ2v) is 4.54. The average Bonchev–Trinajstić information content (AvgIpc) is 2.46. The molecule has 4 N–H and O–H groups in total. The summed E-state index contributed by atoms with van der Waals surface area (Å²) in [5, 5.41) is 10.9. The number of nitrogens with zero attached hydrogens (tertiary/aromatic N) is 1. The fourth-order valence-corrected chi connectivity index (χ4v) is 2.44. The lowest BCUT2D eigenvalue weighted by Crippen LogP contribution is -2.19. The van der Waals surface area contributed by atoms with Crippen molar-refractivity contribution in [3.05, 3.63) is 31.8 Å². The van der Waals surface area contributed by atoms with Crippen molar-refractivity contribution in [2.24, 2.45) is 5.73 Å². The van der Waals surface area contributed by atoms with Crippen LogP contribution in [0.5, 0.6) is 0 Å². The van der Waals surface area contributed by atoms with Gasteiger partial charge < -0.3 is 11.5 Å². The van der Waals surface area contributed by atoms with Gasteiger partial charge in [0.25, 0.3) is 5.69 Å². The second kappa shape index (κ2) is 4.57. The number of nitrogens with two attached hydrogens (primary N) is 2. The van der Waals surface area contributed by atoms with E-state index >= 15 is 0 Å². The third kappa shape index (κ3) is 2.00. The molecule has 1 aromatic carbocycles. The molecule has 7 heteroatoms. The summed E-state index contributed by atoms with van der Waals surface area (Å²) in [6.45, 7) is 0. The molecule has 0 radical (unpaired) electrons. The van der Waals surface area contributed by atoms with E-state index in [-0.39, 0.29) is 29.8 Å². The molecule has 0 saturated heterocycles. The van der Waals surface area contributed by atoms with Crippen molar-refractivity contribution in [1.29, 1.82) is 0 Å². The Morgan fingerprint density at radius 1 is 1.50 bits per heavy atom. The van der Waals surface area contributed by atoms with Gasteiger partial charge in [-0.1, -0.05) is 0 Å². The number of halogens is 2. The minimum absolute atomic E-state index is 0. The van der Waals surface area contributed by atoms with Crippen LogP contribution in [0.1, 0.15) is 11.1 Å². The van der Waals surface area contributed by atoms with Crippen LogP contribution < -0.4 is 11.5 Å². The van der Waals surface area contributed by atoms with Gasteiger partial charge in [-0.05, 0) is 40.4 Å². The molecule has 0 heterocycles. The molecule has 0 spiro atoms. The average molecular weight is 309 g/mol. The molecule has 5 nitrogen and oxygen atoms in total. The zero-order chi connectivity index (χ0) is 11.2. The molecule has 88 valence electrons. The second-order valence-electron chi connectivity index (χ2n) is 3.68. The number of rotatable bonds is 1. The van der Waals surface area contributed by atoms with E-state index in [2.05, 4.69) is 15.9 Å². The highest BCUT2D eigenvalue weighted by molar-refractivity contribution is 9.10. The molecule has 2 rings (SSSR count). The molecule has 0 aliphatic heterocycles. The quantitative estimate of drug-likeness (QED) is 0.470. The van der Waals surface area contributed by atoms with E-state index in [0.717, 1.165) is 5.56 Å². The Bertz CT molecular complexity index is 453. The van der Waals surface area contributed by atoms with Gasteiger partial charge in [0.1, 0.15) is 5.69 Å². The summed E-state index contributed by atoms with van der Waals surface area (Å²) in [4.78, 5) is 10.5. The number of hydrogen-bond acceptors (Lipinski definition) is 4. The van der Waals surface area contributed by atoms with Crippen molar-refractivity contribution in [2.75, 3.05) is 5.73 Å². The zero-order valence-corrected chi connectivity index (χ0v) is 10.7. The first-order valence-corrected chi connectivity index (χ1v) is 5.29. The molecular formula is C9H11BrClN3O2. The van der Waals surface area contributed by atoms with E-state index in [1.807, 2.05) is 6.07 Å². The monoisotopic (exact) mass is 307 g/mol. The van der Waals surface area contributed by atoms with Crippen LogP contribution in [0.15, 0.2) is 10.5 Å². The van der Waals surface area contributed by atoms with Crippen molar-refractivity contribution in [3.8, 4) is 0 Å². The van der Waals surface area contributed by atoms with Gasteiger partial charge in [-0.3, -0.25) is 10.1 Å². The molecular weight excluding hydrogens is 297 g/mol. The minimum Gasteiger partial charge on any atom is -0.392 e. The number of anilines is 1. The van der Waals surface area contributed by atoms with Gasteiger partial charge in [0.05, 0.1) is 4.92 Å². The summed E-state index contributed by atoms with van der Waals surface area (Å²) in [6, 6.07) is 1.79. The van der Waals surface area contributed by atoms with Crippen molar-refractivity contribution in [2.45, 2.75) is 18.9 Å². The first-order chi connectivity index (χ1) is 7.00. The van der Waals surface area contributed by atoms with E-state index in [9.17, 15) is 10.1 Å². The number of hydrogen-bond donors (Lipinski definition) is 2. The third-order valence-corrected chi connectivity index (χ3v) is 3.27. The van der Waals surface area contributed by atoms with Gasteiger partial charge in [-0.25, -0.2) is 0 Å². The fraction of sp³-hybridized carbons (Fsp3) is 0.333. The van der Waals surface area contributed by atoms with Crippen LogP contribution in [-0.4, -0.2) is 11.0 Å².